The molecule has 2 amide bonds. The first-order valence-corrected chi connectivity index (χ1v) is 10.8. The Hall–Kier alpha value is -2.41. The van der Waals surface area contributed by atoms with Crippen molar-refractivity contribution in [3.05, 3.63) is 33.2 Å². The fraction of sp³-hybridized carbons (Fsp3) is 0.444. The summed E-state index contributed by atoms with van der Waals surface area (Å²) in [5, 5.41) is 11.5. The number of nitrogens with one attached hydrogen (secondary N) is 1. The van der Waals surface area contributed by atoms with E-state index in [9.17, 15) is 24.3 Å². The zero-order valence-electron chi connectivity index (χ0n) is 16.3. The Kier molecular flexibility index (Phi) is 6.50. The van der Waals surface area contributed by atoms with Crippen LogP contribution in [0.4, 0.5) is 0 Å². The van der Waals surface area contributed by atoms with Gasteiger partial charge >= 0.3 is 11.9 Å². The Labute approximate surface area is 180 Å². The molecule has 30 heavy (non-hydrogen) atoms. The van der Waals surface area contributed by atoms with Crippen molar-refractivity contribution in [2.24, 2.45) is 5.73 Å². The molecule has 1 fully saturated rings. The van der Waals surface area contributed by atoms with Gasteiger partial charge in [-0.25, -0.2) is 4.79 Å². The van der Waals surface area contributed by atoms with Crippen molar-refractivity contribution in [2.45, 2.75) is 31.0 Å². The van der Waals surface area contributed by atoms with E-state index < -0.39 is 34.9 Å². The second kappa shape index (κ2) is 8.76. The number of carbonyl (C=O) groups excluding carboxylic acids is 3. The number of nitrogens with two attached hydrogens (primary N) is 1. The minimum atomic E-state index is -1.66. The number of esters is 1. The molecule has 0 spiro atoms. The lowest BCUT2D eigenvalue weighted by Gasteiger charge is -2.55. The number of hydrogen-bond acceptors (Lipinski definition) is 9. The number of hydrogen-bond donors (Lipinski definition) is 3. The van der Waals surface area contributed by atoms with E-state index in [1.165, 1.54) is 37.1 Å². The molecular formula is C18H21N3O7S2. The summed E-state index contributed by atoms with van der Waals surface area (Å²) in [6.45, 7) is 1.36. The summed E-state index contributed by atoms with van der Waals surface area (Å²) < 4.78 is 10.3. The van der Waals surface area contributed by atoms with E-state index in [1.807, 2.05) is 6.07 Å². The number of fused-ring (bicyclic) bond motifs is 1. The SMILES string of the molecule is CO[C@@]1(NC(=O)Cc2ccc(CN)s2)C(=O)N2C(C(=O)O)=C(COC(C)=O)CS[C@H]21. The molecular weight excluding hydrogens is 434 g/mol. The normalized spacial score (nSPS) is 23.0. The van der Waals surface area contributed by atoms with E-state index in [2.05, 4.69) is 5.32 Å². The Bertz CT molecular complexity index is 929. The highest BCUT2D eigenvalue weighted by atomic mass is 32.2. The molecule has 1 aromatic rings. The van der Waals surface area contributed by atoms with E-state index >= 15 is 0 Å². The molecule has 10 nitrogen and oxygen atoms in total. The fourth-order valence-electron chi connectivity index (χ4n) is 3.28. The van der Waals surface area contributed by atoms with Gasteiger partial charge in [0, 0.05) is 41.7 Å². The van der Waals surface area contributed by atoms with Gasteiger partial charge in [-0.3, -0.25) is 19.3 Å². The van der Waals surface area contributed by atoms with E-state index in [-0.39, 0.29) is 24.5 Å². The predicted molar refractivity (Wildman–Crippen MR) is 108 cm³/mol. The second-order valence-corrected chi connectivity index (χ2v) is 8.93. The van der Waals surface area contributed by atoms with Crippen LogP contribution in [-0.2, 0) is 41.6 Å². The first kappa shape index (κ1) is 22.3. The number of aliphatic carboxylic acids is 1. The summed E-state index contributed by atoms with van der Waals surface area (Å²) in [5.41, 5.74) is 3.97. The number of carboxylic acid groups (broad SMARTS) is 1. The van der Waals surface area contributed by atoms with Gasteiger partial charge in [0.05, 0.1) is 6.42 Å². The van der Waals surface area contributed by atoms with E-state index in [0.717, 1.165) is 14.7 Å². The van der Waals surface area contributed by atoms with Gasteiger partial charge < -0.3 is 25.6 Å². The van der Waals surface area contributed by atoms with E-state index in [4.69, 9.17) is 15.2 Å². The van der Waals surface area contributed by atoms with Gasteiger partial charge in [-0.15, -0.1) is 23.1 Å². The minimum Gasteiger partial charge on any atom is -0.477 e. The minimum absolute atomic E-state index is 0.0414. The van der Waals surface area contributed by atoms with Crippen molar-refractivity contribution >= 4 is 46.9 Å². The Balaban J connectivity index is 1.78. The number of ether oxygens (including phenoxy) is 2. The molecule has 2 atom stereocenters. The highest BCUT2D eigenvalue weighted by Crippen LogP contribution is 2.46. The molecule has 0 saturated carbocycles. The molecule has 0 radical (unpaired) electrons. The molecule has 162 valence electrons. The van der Waals surface area contributed by atoms with Crippen LogP contribution in [0.5, 0.6) is 0 Å². The quantitative estimate of drug-likeness (QED) is 0.280. The average Bonchev–Trinajstić information content (AvgIpc) is 3.16. The number of methoxy groups -OCH3 is 1. The summed E-state index contributed by atoms with van der Waals surface area (Å²) in [5.74, 6) is -2.79. The van der Waals surface area contributed by atoms with Gasteiger partial charge in [0.1, 0.15) is 17.7 Å². The Morgan fingerprint density at radius 1 is 1.37 bits per heavy atom. The molecule has 3 heterocycles. The van der Waals surface area contributed by atoms with Gasteiger partial charge in [0.2, 0.25) is 5.91 Å². The van der Waals surface area contributed by atoms with Gasteiger partial charge in [0.25, 0.3) is 11.6 Å². The van der Waals surface area contributed by atoms with Crippen LogP contribution in [0.1, 0.15) is 16.7 Å². The standard InChI is InChI=1S/C18H21N3O7S2/c1-9(22)28-7-10-8-29-17-18(27-2,16(26)21(17)14(10)15(24)25)20-13(23)5-11-3-4-12(6-19)30-11/h3-4,17H,5-8,19H2,1-2H3,(H,20,23)(H,24,25)/t17-,18-/m0/s1. The number of amides is 2. The van der Waals surface area contributed by atoms with Crippen LogP contribution in [-0.4, -0.2) is 64.3 Å². The Morgan fingerprint density at radius 2 is 2.07 bits per heavy atom. The summed E-state index contributed by atoms with van der Waals surface area (Å²) >= 11 is 2.63. The van der Waals surface area contributed by atoms with Crippen molar-refractivity contribution in [1.29, 1.82) is 0 Å². The molecule has 2 aliphatic heterocycles. The van der Waals surface area contributed by atoms with Gasteiger partial charge in [-0.05, 0) is 12.1 Å². The van der Waals surface area contributed by atoms with Crippen LogP contribution in [0.2, 0.25) is 0 Å². The third kappa shape index (κ3) is 3.95. The topological polar surface area (TPSA) is 148 Å². The molecule has 1 saturated heterocycles. The number of rotatable bonds is 8. The molecule has 1 aromatic heterocycles. The summed E-state index contributed by atoms with van der Waals surface area (Å²) in [6.07, 6.45) is 0.0414. The number of carboxylic acids is 1. The van der Waals surface area contributed by atoms with Gasteiger partial charge in [-0.2, -0.15) is 0 Å². The monoisotopic (exact) mass is 455 g/mol. The van der Waals surface area contributed by atoms with Crippen molar-refractivity contribution in [3.63, 3.8) is 0 Å². The maximum absolute atomic E-state index is 12.9. The van der Waals surface area contributed by atoms with Gasteiger partial charge in [0.15, 0.2) is 0 Å². The smallest absolute Gasteiger partial charge is 0.352 e. The van der Waals surface area contributed by atoms with Crippen LogP contribution in [0.3, 0.4) is 0 Å². The average molecular weight is 456 g/mol. The summed E-state index contributed by atoms with van der Waals surface area (Å²) in [7, 11) is 1.28. The number of thiophene rings is 1. The highest BCUT2D eigenvalue weighted by molar-refractivity contribution is 8.00. The summed E-state index contributed by atoms with van der Waals surface area (Å²) in [6, 6.07) is 3.63. The molecule has 0 unspecified atom stereocenters. The van der Waals surface area contributed by atoms with Crippen molar-refractivity contribution in [3.8, 4) is 0 Å². The summed E-state index contributed by atoms with van der Waals surface area (Å²) in [4.78, 5) is 51.2. The maximum atomic E-state index is 12.9. The Morgan fingerprint density at radius 3 is 2.63 bits per heavy atom. The number of β-lactam (4-membered cyclic amide) rings is 1. The molecule has 4 N–H and O–H groups in total. The first-order chi connectivity index (χ1) is 14.2. The second-order valence-electron chi connectivity index (χ2n) is 6.61. The molecule has 3 rings (SSSR count). The number of nitrogens with zero attached hydrogens (tertiary/aromatic N) is 1. The maximum Gasteiger partial charge on any atom is 0.352 e. The van der Waals surface area contributed by atoms with Crippen molar-refractivity contribution < 1.29 is 33.8 Å². The molecule has 0 bridgehead atoms. The lowest BCUT2D eigenvalue weighted by Crippen LogP contribution is -2.80. The van der Waals surface area contributed by atoms with Gasteiger partial charge in [-0.1, -0.05) is 0 Å². The third-order valence-electron chi connectivity index (χ3n) is 4.66. The lowest BCUT2D eigenvalue weighted by molar-refractivity contribution is -0.192. The lowest BCUT2D eigenvalue weighted by atomic mass is 9.98. The first-order valence-electron chi connectivity index (χ1n) is 8.91. The zero-order chi connectivity index (χ0) is 22.1. The fourth-order valence-corrected chi connectivity index (χ4v) is 5.60. The van der Waals surface area contributed by atoms with Crippen LogP contribution in [0.25, 0.3) is 0 Å². The van der Waals surface area contributed by atoms with Crippen LogP contribution in [0.15, 0.2) is 23.4 Å². The largest absolute Gasteiger partial charge is 0.477 e. The number of carbonyl (C=O) groups is 4. The number of thioether (sulfide) groups is 1. The molecule has 0 aliphatic carbocycles. The van der Waals surface area contributed by atoms with Crippen LogP contribution < -0.4 is 11.1 Å². The van der Waals surface area contributed by atoms with Crippen LogP contribution >= 0.6 is 23.1 Å². The van der Waals surface area contributed by atoms with Crippen molar-refractivity contribution in [1.82, 2.24) is 10.2 Å². The van der Waals surface area contributed by atoms with Crippen LogP contribution in [0, 0.1) is 0 Å². The molecule has 12 heteroatoms. The zero-order valence-corrected chi connectivity index (χ0v) is 17.9. The van der Waals surface area contributed by atoms with E-state index in [1.54, 1.807) is 6.07 Å². The molecule has 0 aromatic carbocycles. The van der Waals surface area contributed by atoms with Crippen molar-refractivity contribution in [2.75, 3.05) is 19.5 Å². The molecule has 2 aliphatic rings. The highest BCUT2D eigenvalue weighted by Gasteiger charge is 2.66. The predicted octanol–water partition coefficient (Wildman–Crippen LogP) is 0.0251. The third-order valence-corrected chi connectivity index (χ3v) is 7.14. The van der Waals surface area contributed by atoms with E-state index in [0.29, 0.717) is 12.1 Å².